The molecule has 0 bridgehead atoms. The highest BCUT2D eigenvalue weighted by Crippen LogP contribution is 2.25. The number of aromatic nitrogens is 1. The van der Waals surface area contributed by atoms with Gasteiger partial charge in [0.1, 0.15) is 5.15 Å². The van der Waals surface area contributed by atoms with Gasteiger partial charge in [-0.05, 0) is 11.6 Å². The molecule has 0 unspecified atom stereocenters. The van der Waals surface area contributed by atoms with E-state index < -0.39 is 0 Å². The lowest BCUT2D eigenvalue weighted by Gasteiger charge is -2.16. The summed E-state index contributed by atoms with van der Waals surface area (Å²) in [5.74, 6) is 0. The Kier molecular flexibility index (Phi) is 3.69. The first-order valence-corrected chi connectivity index (χ1v) is 6.36. The molecule has 0 fully saturated rings. The summed E-state index contributed by atoms with van der Waals surface area (Å²) >= 11 is 13.4. The number of hydrogen-bond acceptors (Lipinski definition) is 3. The Bertz CT molecular complexity index is 484. The van der Waals surface area contributed by atoms with Gasteiger partial charge in [-0.1, -0.05) is 41.4 Å². The Morgan fingerprint density at radius 3 is 2.69 bits per heavy atom. The molecule has 2 aromatic rings. The number of nitrogens with zero attached hydrogens (tertiary/aromatic N) is 2. The lowest BCUT2D eigenvalue weighted by Crippen LogP contribution is -2.16. The van der Waals surface area contributed by atoms with E-state index in [1.54, 1.807) is 0 Å². The summed E-state index contributed by atoms with van der Waals surface area (Å²) in [6.07, 6.45) is 0. The molecule has 0 saturated carbocycles. The maximum Gasteiger partial charge on any atom is 0.186 e. The molecule has 5 heteroatoms. The highest BCUT2D eigenvalue weighted by molar-refractivity contribution is 7.14. The Hall–Kier alpha value is -0.770. The first kappa shape index (κ1) is 11.7. The minimum atomic E-state index is 0.533. The number of rotatable bonds is 3. The second-order valence-electron chi connectivity index (χ2n) is 3.40. The van der Waals surface area contributed by atoms with Crippen LogP contribution in [0.3, 0.4) is 0 Å². The monoisotopic (exact) mass is 272 g/mol. The van der Waals surface area contributed by atoms with Gasteiger partial charge >= 0.3 is 0 Å². The summed E-state index contributed by atoms with van der Waals surface area (Å²) in [6.45, 7) is 0.726. The van der Waals surface area contributed by atoms with Crippen LogP contribution < -0.4 is 4.90 Å². The van der Waals surface area contributed by atoms with E-state index in [4.69, 9.17) is 23.2 Å². The van der Waals surface area contributed by atoms with Gasteiger partial charge in [0.25, 0.3) is 0 Å². The molecule has 0 amide bonds. The Balaban J connectivity index is 2.13. The average molecular weight is 273 g/mol. The van der Waals surface area contributed by atoms with Crippen molar-refractivity contribution in [1.29, 1.82) is 0 Å². The quantitative estimate of drug-likeness (QED) is 0.837. The Morgan fingerprint density at radius 2 is 2.06 bits per heavy atom. The van der Waals surface area contributed by atoms with E-state index >= 15 is 0 Å². The van der Waals surface area contributed by atoms with Gasteiger partial charge in [0.05, 0.1) is 0 Å². The van der Waals surface area contributed by atoms with Crippen molar-refractivity contribution in [3.8, 4) is 0 Å². The fraction of sp³-hybridized carbons (Fsp3) is 0.182. The van der Waals surface area contributed by atoms with Crippen molar-refractivity contribution in [2.75, 3.05) is 11.9 Å². The van der Waals surface area contributed by atoms with Gasteiger partial charge in [-0.3, -0.25) is 0 Å². The predicted octanol–water partition coefficient (Wildman–Crippen LogP) is 4.09. The van der Waals surface area contributed by atoms with Crippen molar-refractivity contribution >= 4 is 39.7 Å². The summed E-state index contributed by atoms with van der Waals surface area (Å²) in [5.41, 5.74) is 1.08. The molecule has 84 valence electrons. The lowest BCUT2D eigenvalue weighted by molar-refractivity contribution is 0.915. The number of anilines is 1. The van der Waals surface area contributed by atoms with Crippen molar-refractivity contribution in [2.45, 2.75) is 6.54 Å². The Labute approximate surface area is 108 Å². The number of benzene rings is 1. The third kappa shape index (κ3) is 2.67. The van der Waals surface area contributed by atoms with Crippen molar-refractivity contribution in [3.63, 3.8) is 0 Å². The maximum absolute atomic E-state index is 6.09. The second-order valence-corrected chi connectivity index (χ2v) is 5.03. The molecule has 0 aliphatic rings. The van der Waals surface area contributed by atoms with Crippen LogP contribution in [0.1, 0.15) is 5.56 Å². The van der Waals surface area contributed by atoms with Gasteiger partial charge in [-0.15, -0.1) is 11.3 Å². The largest absolute Gasteiger partial charge is 0.347 e. The van der Waals surface area contributed by atoms with Crippen molar-refractivity contribution in [2.24, 2.45) is 0 Å². The van der Waals surface area contributed by atoms with Crippen molar-refractivity contribution in [3.05, 3.63) is 45.4 Å². The zero-order valence-corrected chi connectivity index (χ0v) is 11.0. The molecule has 0 aliphatic heterocycles. The van der Waals surface area contributed by atoms with Gasteiger partial charge in [0, 0.05) is 24.0 Å². The fourth-order valence-electron chi connectivity index (χ4n) is 1.37. The minimum Gasteiger partial charge on any atom is -0.347 e. The van der Waals surface area contributed by atoms with Crippen LogP contribution in [-0.4, -0.2) is 12.0 Å². The van der Waals surface area contributed by atoms with Crippen LogP contribution in [0.15, 0.2) is 29.6 Å². The average Bonchev–Trinajstić information content (AvgIpc) is 2.68. The molecule has 0 N–H and O–H groups in total. The van der Waals surface area contributed by atoms with E-state index in [1.807, 2.05) is 41.6 Å². The number of halogens is 2. The molecular formula is C11H10Cl2N2S. The number of hydrogen-bond donors (Lipinski definition) is 0. The van der Waals surface area contributed by atoms with Crippen LogP contribution >= 0.6 is 34.5 Å². The van der Waals surface area contributed by atoms with Crippen molar-refractivity contribution < 1.29 is 0 Å². The van der Waals surface area contributed by atoms with Crippen LogP contribution in [0.5, 0.6) is 0 Å². The standard InChI is InChI=1S/C11H10Cl2N2S/c1-15(11-14-10(13)7-16-11)6-8-4-2-3-5-9(8)12/h2-5,7H,6H2,1H3. The Morgan fingerprint density at radius 1 is 1.31 bits per heavy atom. The molecule has 0 aliphatic carbocycles. The molecule has 1 heterocycles. The fourth-order valence-corrected chi connectivity index (χ4v) is 2.48. The molecular weight excluding hydrogens is 263 g/mol. The van der Waals surface area contributed by atoms with Gasteiger partial charge in [-0.2, -0.15) is 0 Å². The highest BCUT2D eigenvalue weighted by Gasteiger charge is 2.08. The first-order chi connectivity index (χ1) is 7.66. The topological polar surface area (TPSA) is 16.1 Å². The smallest absolute Gasteiger partial charge is 0.186 e. The lowest BCUT2D eigenvalue weighted by atomic mass is 10.2. The van der Waals surface area contributed by atoms with Gasteiger partial charge in [0.15, 0.2) is 5.13 Å². The zero-order chi connectivity index (χ0) is 11.5. The molecule has 1 aromatic carbocycles. The molecule has 16 heavy (non-hydrogen) atoms. The van der Waals surface area contributed by atoms with Crippen LogP contribution in [0.2, 0.25) is 10.2 Å². The summed E-state index contributed by atoms with van der Waals surface area (Å²) in [6, 6.07) is 7.80. The van der Waals surface area contributed by atoms with Crippen LogP contribution in [-0.2, 0) is 6.54 Å². The van der Waals surface area contributed by atoms with Crippen molar-refractivity contribution in [1.82, 2.24) is 4.98 Å². The minimum absolute atomic E-state index is 0.533. The van der Waals surface area contributed by atoms with E-state index in [-0.39, 0.29) is 0 Å². The molecule has 1 aromatic heterocycles. The third-order valence-corrected chi connectivity index (χ3v) is 3.80. The van der Waals surface area contributed by atoms with Crippen LogP contribution in [0.25, 0.3) is 0 Å². The summed E-state index contributed by atoms with van der Waals surface area (Å²) in [7, 11) is 1.97. The third-order valence-electron chi connectivity index (χ3n) is 2.16. The molecule has 2 nitrogen and oxygen atoms in total. The van der Waals surface area contributed by atoms with E-state index in [9.17, 15) is 0 Å². The van der Waals surface area contributed by atoms with E-state index in [0.29, 0.717) is 5.15 Å². The van der Waals surface area contributed by atoms with E-state index in [0.717, 1.165) is 22.3 Å². The summed E-state index contributed by atoms with van der Waals surface area (Å²) < 4.78 is 0. The van der Waals surface area contributed by atoms with Gasteiger partial charge in [0.2, 0.25) is 0 Å². The molecule has 2 rings (SSSR count). The normalized spacial score (nSPS) is 10.4. The van der Waals surface area contributed by atoms with Gasteiger partial charge < -0.3 is 4.90 Å². The van der Waals surface area contributed by atoms with E-state index in [1.165, 1.54) is 11.3 Å². The molecule has 0 spiro atoms. The molecule has 0 radical (unpaired) electrons. The molecule has 0 saturated heterocycles. The predicted molar refractivity (Wildman–Crippen MR) is 70.7 cm³/mol. The first-order valence-electron chi connectivity index (χ1n) is 4.72. The summed E-state index contributed by atoms with van der Waals surface area (Å²) in [5, 5.41) is 4.02. The molecule has 0 atom stereocenters. The SMILES string of the molecule is CN(Cc1ccccc1Cl)c1nc(Cl)cs1. The van der Waals surface area contributed by atoms with Crippen LogP contribution in [0.4, 0.5) is 5.13 Å². The number of thiazole rings is 1. The van der Waals surface area contributed by atoms with Crippen LogP contribution in [0, 0.1) is 0 Å². The second kappa shape index (κ2) is 5.04. The highest BCUT2D eigenvalue weighted by atomic mass is 35.5. The zero-order valence-electron chi connectivity index (χ0n) is 8.65. The summed E-state index contributed by atoms with van der Waals surface area (Å²) in [4.78, 5) is 6.23. The maximum atomic E-state index is 6.09. The van der Waals surface area contributed by atoms with E-state index in [2.05, 4.69) is 4.98 Å². The van der Waals surface area contributed by atoms with Gasteiger partial charge in [-0.25, -0.2) is 4.98 Å².